The SMILES string of the molecule is CCCCNC(=S)NCC1CCCC1. The molecule has 0 bridgehead atoms. The van der Waals surface area contributed by atoms with E-state index in [1.165, 1.54) is 38.5 Å². The van der Waals surface area contributed by atoms with E-state index in [0.717, 1.165) is 24.1 Å². The van der Waals surface area contributed by atoms with Gasteiger partial charge in [0.1, 0.15) is 0 Å². The van der Waals surface area contributed by atoms with Gasteiger partial charge >= 0.3 is 0 Å². The summed E-state index contributed by atoms with van der Waals surface area (Å²) < 4.78 is 0. The lowest BCUT2D eigenvalue weighted by atomic mass is 10.1. The zero-order valence-corrected chi connectivity index (χ0v) is 9.96. The Morgan fingerprint density at radius 3 is 2.64 bits per heavy atom. The minimum atomic E-state index is 0.838. The second-order valence-electron chi connectivity index (χ2n) is 4.14. The third kappa shape index (κ3) is 4.80. The molecule has 1 aliphatic carbocycles. The van der Waals surface area contributed by atoms with Crippen molar-refractivity contribution in [3.8, 4) is 0 Å². The Labute approximate surface area is 92.8 Å². The zero-order chi connectivity index (χ0) is 10.2. The van der Waals surface area contributed by atoms with Gasteiger partial charge in [-0.25, -0.2) is 0 Å². The molecule has 3 heteroatoms. The minimum absolute atomic E-state index is 0.838. The molecule has 0 atom stereocenters. The summed E-state index contributed by atoms with van der Waals surface area (Å²) in [6.07, 6.45) is 7.99. The molecule has 1 aliphatic rings. The van der Waals surface area contributed by atoms with Crippen LogP contribution in [0, 0.1) is 5.92 Å². The lowest BCUT2D eigenvalue weighted by molar-refractivity contribution is 0.533. The van der Waals surface area contributed by atoms with E-state index < -0.39 is 0 Å². The van der Waals surface area contributed by atoms with Crippen LogP contribution in [0.15, 0.2) is 0 Å². The maximum atomic E-state index is 5.18. The first-order valence-electron chi connectivity index (χ1n) is 5.84. The Hall–Kier alpha value is -0.310. The average molecular weight is 214 g/mol. The van der Waals surface area contributed by atoms with Crippen LogP contribution in [0.1, 0.15) is 45.4 Å². The first kappa shape index (κ1) is 11.8. The number of rotatable bonds is 5. The molecule has 1 fully saturated rings. The highest BCUT2D eigenvalue weighted by atomic mass is 32.1. The number of thiocarbonyl (C=S) groups is 1. The molecule has 1 rings (SSSR count). The summed E-state index contributed by atoms with van der Waals surface area (Å²) in [4.78, 5) is 0. The normalized spacial score (nSPS) is 16.9. The van der Waals surface area contributed by atoms with Gasteiger partial charge in [0.25, 0.3) is 0 Å². The molecule has 2 N–H and O–H groups in total. The molecule has 0 saturated heterocycles. The fourth-order valence-corrected chi connectivity index (χ4v) is 2.08. The van der Waals surface area contributed by atoms with Gasteiger partial charge in [-0.15, -0.1) is 0 Å². The molecule has 0 radical (unpaired) electrons. The summed E-state index contributed by atoms with van der Waals surface area (Å²) in [5, 5.41) is 7.37. The molecule has 0 heterocycles. The first-order valence-corrected chi connectivity index (χ1v) is 6.25. The van der Waals surface area contributed by atoms with Crippen LogP contribution < -0.4 is 10.6 Å². The van der Waals surface area contributed by atoms with E-state index in [9.17, 15) is 0 Å². The predicted molar refractivity (Wildman–Crippen MR) is 65.5 cm³/mol. The average Bonchev–Trinajstić information content (AvgIpc) is 2.68. The van der Waals surface area contributed by atoms with E-state index in [2.05, 4.69) is 17.6 Å². The van der Waals surface area contributed by atoms with Crippen molar-refractivity contribution < 1.29 is 0 Å². The van der Waals surface area contributed by atoms with Gasteiger partial charge in [0, 0.05) is 13.1 Å². The lowest BCUT2D eigenvalue weighted by Gasteiger charge is -2.13. The van der Waals surface area contributed by atoms with E-state index in [1.807, 2.05) is 0 Å². The number of nitrogens with one attached hydrogen (secondary N) is 2. The maximum Gasteiger partial charge on any atom is 0.166 e. The highest BCUT2D eigenvalue weighted by molar-refractivity contribution is 7.80. The third-order valence-corrected chi connectivity index (χ3v) is 3.13. The Kier molecular flexibility index (Phi) is 5.92. The van der Waals surface area contributed by atoms with Crippen molar-refractivity contribution in [2.75, 3.05) is 13.1 Å². The fraction of sp³-hybridized carbons (Fsp3) is 0.909. The van der Waals surface area contributed by atoms with Crippen molar-refractivity contribution in [1.82, 2.24) is 10.6 Å². The van der Waals surface area contributed by atoms with Crippen LogP contribution in [-0.2, 0) is 0 Å². The predicted octanol–water partition coefficient (Wildman–Crippen LogP) is 2.44. The smallest absolute Gasteiger partial charge is 0.166 e. The number of hydrogen-bond donors (Lipinski definition) is 2. The first-order chi connectivity index (χ1) is 6.83. The molecule has 0 aliphatic heterocycles. The Morgan fingerprint density at radius 1 is 1.29 bits per heavy atom. The van der Waals surface area contributed by atoms with Crippen LogP contribution in [0.5, 0.6) is 0 Å². The van der Waals surface area contributed by atoms with Crippen molar-refractivity contribution in [2.45, 2.75) is 45.4 Å². The van der Waals surface area contributed by atoms with E-state index in [1.54, 1.807) is 0 Å². The summed E-state index contributed by atoms with van der Waals surface area (Å²) in [7, 11) is 0. The van der Waals surface area contributed by atoms with E-state index in [0.29, 0.717) is 0 Å². The van der Waals surface area contributed by atoms with Gasteiger partial charge in [0.2, 0.25) is 0 Å². The molecule has 2 nitrogen and oxygen atoms in total. The molecular weight excluding hydrogens is 192 g/mol. The number of hydrogen-bond acceptors (Lipinski definition) is 1. The van der Waals surface area contributed by atoms with Crippen LogP contribution in [0.2, 0.25) is 0 Å². The van der Waals surface area contributed by atoms with Gasteiger partial charge in [-0.05, 0) is 37.4 Å². The molecule has 1 saturated carbocycles. The molecule has 0 spiro atoms. The van der Waals surface area contributed by atoms with E-state index in [4.69, 9.17) is 12.2 Å². The molecule has 0 unspecified atom stereocenters. The maximum absolute atomic E-state index is 5.18. The highest BCUT2D eigenvalue weighted by Gasteiger charge is 2.14. The van der Waals surface area contributed by atoms with Crippen LogP contribution in [0.4, 0.5) is 0 Å². The summed E-state index contributed by atoms with van der Waals surface area (Å²) in [6.45, 7) is 4.27. The Balaban J connectivity index is 1.96. The van der Waals surface area contributed by atoms with Crippen molar-refractivity contribution in [1.29, 1.82) is 0 Å². The molecule has 0 amide bonds. The molecule has 0 aromatic carbocycles. The van der Waals surface area contributed by atoms with E-state index in [-0.39, 0.29) is 0 Å². The third-order valence-electron chi connectivity index (χ3n) is 2.84. The largest absolute Gasteiger partial charge is 0.363 e. The molecule has 0 aromatic rings. The van der Waals surface area contributed by atoms with Gasteiger partial charge in [-0.1, -0.05) is 26.2 Å². The second-order valence-corrected chi connectivity index (χ2v) is 4.55. The summed E-state index contributed by atoms with van der Waals surface area (Å²) >= 11 is 5.18. The van der Waals surface area contributed by atoms with Crippen molar-refractivity contribution in [3.63, 3.8) is 0 Å². The summed E-state index contributed by atoms with van der Waals surface area (Å²) in [6, 6.07) is 0. The minimum Gasteiger partial charge on any atom is -0.363 e. The van der Waals surface area contributed by atoms with Crippen molar-refractivity contribution in [3.05, 3.63) is 0 Å². The van der Waals surface area contributed by atoms with Crippen LogP contribution in [-0.4, -0.2) is 18.2 Å². The highest BCUT2D eigenvalue weighted by Crippen LogP contribution is 2.23. The van der Waals surface area contributed by atoms with Gasteiger partial charge < -0.3 is 10.6 Å². The molecule has 82 valence electrons. The van der Waals surface area contributed by atoms with Crippen molar-refractivity contribution in [2.24, 2.45) is 5.92 Å². The summed E-state index contributed by atoms with van der Waals surface area (Å²) in [5.41, 5.74) is 0. The number of unbranched alkanes of at least 4 members (excludes halogenated alkanes) is 1. The van der Waals surface area contributed by atoms with Crippen LogP contribution in [0.3, 0.4) is 0 Å². The van der Waals surface area contributed by atoms with Gasteiger partial charge in [-0.2, -0.15) is 0 Å². The standard InChI is InChI=1S/C11H22N2S/c1-2-3-8-12-11(14)13-9-10-6-4-5-7-10/h10H,2-9H2,1H3,(H2,12,13,14). The van der Waals surface area contributed by atoms with Gasteiger partial charge in [0.05, 0.1) is 0 Å². The van der Waals surface area contributed by atoms with Crippen LogP contribution >= 0.6 is 12.2 Å². The van der Waals surface area contributed by atoms with Crippen LogP contribution in [0.25, 0.3) is 0 Å². The Bertz CT molecular complexity index is 165. The van der Waals surface area contributed by atoms with Gasteiger partial charge in [0.15, 0.2) is 5.11 Å². The quantitative estimate of drug-likeness (QED) is 0.543. The van der Waals surface area contributed by atoms with Crippen molar-refractivity contribution >= 4 is 17.3 Å². The molecule has 14 heavy (non-hydrogen) atoms. The fourth-order valence-electron chi connectivity index (χ4n) is 1.89. The molecule has 0 aromatic heterocycles. The van der Waals surface area contributed by atoms with Gasteiger partial charge in [-0.3, -0.25) is 0 Å². The monoisotopic (exact) mass is 214 g/mol. The zero-order valence-electron chi connectivity index (χ0n) is 9.14. The van der Waals surface area contributed by atoms with E-state index >= 15 is 0 Å². The summed E-state index contributed by atoms with van der Waals surface area (Å²) in [5.74, 6) is 0.862. The second kappa shape index (κ2) is 7.04. The lowest BCUT2D eigenvalue weighted by Crippen LogP contribution is -2.38. The Morgan fingerprint density at radius 2 is 2.00 bits per heavy atom. The topological polar surface area (TPSA) is 24.1 Å². The molecular formula is C11H22N2S.